The quantitative estimate of drug-likeness (QED) is 0.124. The third-order valence-electron chi connectivity index (χ3n) is 10.8. The van der Waals surface area contributed by atoms with E-state index in [1.54, 1.807) is 28.4 Å². The summed E-state index contributed by atoms with van der Waals surface area (Å²) in [5.41, 5.74) is 9.71. The van der Waals surface area contributed by atoms with E-state index in [1.165, 1.54) is 21.5 Å². The molecule has 0 radical (unpaired) electrons. The van der Waals surface area contributed by atoms with Crippen LogP contribution in [0.25, 0.3) is 76.8 Å². The average Bonchev–Trinajstić information content (AvgIpc) is 3.27. The molecule has 0 aliphatic heterocycles. The minimum atomic E-state index is 0.407. The maximum absolute atomic E-state index is 7.07. The maximum atomic E-state index is 7.07. The van der Waals surface area contributed by atoms with Crippen molar-refractivity contribution in [2.24, 2.45) is 0 Å². The lowest BCUT2D eigenvalue weighted by Gasteiger charge is -2.25. The van der Waals surface area contributed by atoms with E-state index in [-0.39, 0.29) is 0 Å². The molecule has 56 heavy (non-hydrogen) atoms. The van der Waals surface area contributed by atoms with Gasteiger partial charge in [0.15, 0.2) is 0 Å². The van der Waals surface area contributed by atoms with Crippen LogP contribution in [0.1, 0.15) is 5.56 Å². The summed E-state index contributed by atoms with van der Waals surface area (Å²) >= 11 is 0. The highest BCUT2D eigenvalue weighted by Gasteiger charge is 2.26. The molecule has 9 aromatic rings. The van der Waals surface area contributed by atoms with Crippen LogP contribution in [-0.4, -0.2) is 28.4 Å². The molecule has 0 aliphatic carbocycles. The van der Waals surface area contributed by atoms with Crippen molar-refractivity contribution in [2.45, 2.75) is 6.61 Å². The Morgan fingerprint density at radius 1 is 0.357 bits per heavy atom. The molecule has 0 saturated heterocycles. The average molecular weight is 733 g/mol. The van der Waals surface area contributed by atoms with Crippen LogP contribution in [0.5, 0.6) is 28.7 Å². The van der Waals surface area contributed by atoms with Crippen molar-refractivity contribution in [3.05, 3.63) is 163 Å². The normalized spacial score (nSPS) is 11.3. The van der Waals surface area contributed by atoms with E-state index in [4.69, 9.17) is 23.7 Å². The van der Waals surface area contributed by atoms with Gasteiger partial charge in [-0.25, -0.2) is 0 Å². The molecule has 0 saturated carbocycles. The van der Waals surface area contributed by atoms with Gasteiger partial charge in [0.1, 0.15) is 35.4 Å². The van der Waals surface area contributed by atoms with Gasteiger partial charge in [-0.15, -0.1) is 0 Å². The standard InChI is InChI=1S/C51H40O5/c1-52-37-18-10-33(11-19-37)45-30-46(34-12-20-38(53-2)21-13-34)42-27-29-44-48(36-16-24-40(55-4)25-17-36)51(56-31-32-8-6-5-7-9-32)47(35-14-22-39(54-3)23-15-35)43-28-26-41(45)49(42)50(43)44/h5-30H,31H2,1-4H3. The molecule has 0 bridgehead atoms. The first-order valence-corrected chi connectivity index (χ1v) is 18.6. The van der Waals surface area contributed by atoms with Crippen LogP contribution in [-0.2, 0) is 6.61 Å². The van der Waals surface area contributed by atoms with Gasteiger partial charge in [-0.05, 0) is 126 Å². The van der Waals surface area contributed by atoms with E-state index in [2.05, 4.69) is 103 Å². The molecule has 0 atom stereocenters. The number of rotatable bonds is 11. The molecule has 0 aromatic heterocycles. The van der Waals surface area contributed by atoms with E-state index in [1.807, 2.05) is 54.6 Å². The van der Waals surface area contributed by atoms with Gasteiger partial charge in [0, 0.05) is 11.1 Å². The largest absolute Gasteiger partial charge is 0.497 e. The molecule has 0 fully saturated rings. The Morgan fingerprint density at radius 3 is 1.11 bits per heavy atom. The minimum absolute atomic E-state index is 0.407. The van der Waals surface area contributed by atoms with Gasteiger partial charge >= 0.3 is 0 Å². The molecule has 9 rings (SSSR count). The molecule has 0 unspecified atom stereocenters. The van der Waals surface area contributed by atoms with Crippen LogP contribution in [0.15, 0.2) is 158 Å². The topological polar surface area (TPSA) is 46.2 Å². The zero-order chi connectivity index (χ0) is 38.2. The Kier molecular flexibility index (Phi) is 9.12. The van der Waals surface area contributed by atoms with E-state index in [0.717, 1.165) is 89.6 Å². The Balaban J connectivity index is 1.43. The molecule has 0 aliphatic rings. The number of methoxy groups -OCH3 is 4. The second-order valence-corrected chi connectivity index (χ2v) is 13.8. The zero-order valence-corrected chi connectivity index (χ0v) is 31.8. The first-order valence-electron chi connectivity index (χ1n) is 18.6. The van der Waals surface area contributed by atoms with Crippen molar-refractivity contribution >= 4 is 32.3 Å². The summed E-state index contributed by atoms with van der Waals surface area (Å²) in [6, 6.07) is 55.0. The van der Waals surface area contributed by atoms with Gasteiger partial charge in [-0.1, -0.05) is 103 Å². The Labute approximate surface area is 326 Å². The Bertz CT molecular complexity index is 2620. The van der Waals surface area contributed by atoms with Gasteiger partial charge in [0.2, 0.25) is 0 Å². The van der Waals surface area contributed by atoms with Gasteiger partial charge in [-0.2, -0.15) is 0 Å². The van der Waals surface area contributed by atoms with Crippen LogP contribution in [0, 0.1) is 0 Å². The van der Waals surface area contributed by atoms with Crippen molar-refractivity contribution < 1.29 is 23.7 Å². The molecule has 274 valence electrons. The lowest BCUT2D eigenvalue weighted by Crippen LogP contribution is -2.02. The van der Waals surface area contributed by atoms with Crippen molar-refractivity contribution in [3.8, 4) is 73.3 Å². The summed E-state index contributed by atoms with van der Waals surface area (Å²) in [5, 5.41) is 6.92. The Hall–Kier alpha value is -6.98. The Morgan fingerprint density at radius 2 is 0.714 bits per heavy atom. The smallest absolute Gasteiger partial charge is 0.136 e. The van der Waals surface area contributed by atoms with E-state index >= 15 is 0 Å². The molecule has 5 heteroatoms. The van der Waals surface area contributed by atoms with Crippen molar-refractivity contribution in [3.63, 3.8) is 0 Å². The predicted octanol–water partition coefficient (Wildman–Crippen LogP) is 12.9. The highest BCUT2D eigenvalue weighted by molar-refractivity contribution is 6.33. The van der Waals surface area contributed by atoms with Gasteiger partial charge in [0.25, 0.3) is 0 Å². The zero-order valence-electron chi connectivity index (χ0n) is 31.8. The monoisotopic (exact) mass is 732 g/mol. The summed E-state index contributed by atoms with van der Waals surface area (Å²) in [4.78, 5) is 0. The van der Waals surface area contributed by atoms with E-state index in [9.17, 15) is 0 Å². The lowest BCUT2D eigenvalue weighted by molar-refractivity contribution is 0.309. The lowest BCUT2D eigenvalue weighted by atomic mass is 9.81. The molecule has 0 heterocycles. The first-order chi connectivity index (χ1) is 27.6. The minimum Gasteiger partial charge on any atom is -0.497 e. The van der Waals surface area contributed by atoms with E-state index < -0.39 is 0 Å². The fraction of sp³-hybridized carbons (Fsp3) is 0.0980. The fourth-order valence-electron chi connectivity index (χ4n) is 8.01. The number of hydrogen-bond donors (Lipinski definition) is 0. The molecule has 0 N–H and O–H groups in total. The van der Waals surface area contributed by atoms with Crippen molar-refractivity contribution in [2.75, 3.05) is 28.4 Å². The molecular weight excluding hydrogens is 693 g/mol. The van der Waals surface area contributed by atoms with Crippen LogP contribution in [0.3, 0.4) is 0 Å². The van der Waals surface area contributed by atoms with Crippen molar-refractivity contribution in [1.29, 1.82) is 0 Å². The van der Waals surface area contributed by atoms with Crippen LogP contribution >= 0.6 is 0 Å². The molecule has 0 amide bonds. The summed E-state index contributed by atoms with van der Waals surface area (Å²) in [7, 11) is 6.79. The van der Waals surface area contributed by atoms with Crippen LogP contribution < -0.4 is 23.7 Å². The van der Waals surface area contributed by atoms with Crippen LogP contribution in [0.2, 0.25) is 0 Å². The third-order valence-corrected chi connectivity index (χ3v) is 10.8. The SMILES string of the molecule is COc1ccc(-c2cc(-c3ccc(OC)cc3)c3ccc4c(-c5ccc(OC)cc5)c(OCc5ccccc5)c(-c5ccc(OC)cc5)c5ccc2c3c54)cc1. The summed E-state index contributed by atoms with van der Waals surface area (Å²) in [5.74, 6) is 4.04. The van der Waals surface area contributed by atoms with Crippen LogP contribution in [0.4, 0.5) is 0 Å². The number of ether oxygens (including phenoxy) is 5. The first kappa shape index (κ1) is 34.8. The maximum Gasteiger partial charge on any atom is 0.136 e. The molecular formula is C51H40O5. The third kappa shape index (κ3) is 6.08. The fourth-order valence-corrected chi connectivity index (χ4v) is 8.01. The molecule has 0 spiro atoms. The summed E-state index contributed by atoms with van der Waals surface area (Å²) in [6.07, 6.45) is 0. The van der Waals surface area contributed by atoms with E-state index in [0.29, 0.717) is 6.61 Å². The summed E-state index contributed by atoms with van der Waals surface area (Å²) < 4.78 is 29.4. The van der Waals surface area contributed by atoms with Gasteiger partial charge in [-0.3, -0.25) is 0 Å². The predicted molar refractivity (Wildman–Crippen MR) is 229 cm³/mol. The second kappa shape index (κ2) is 14.7. The summed E-state index contributed by atoms with van der Waals surface area (Å²) in [6.45, 7) is 0.407. The number of benzene rings is 9. The van der Waals surface area contributed by atoms with Gasteiger partial charge in [0.05, 0.1) is 28.4 Å². The highest BCUT2D eigenvalue weighted by atomic mass is 16.5. The molecule has 9 aromatic carbocycles. The van der Waals surface area contributed by atoms with Crippen molar-refractivity contribution in [1.82, 2.24) is 0 Å². The van der Waals surface area contributed by atoms with Gasteiger partial charge < -0.3 is 23.7 Å². The molecule has 5 nitrogen and oxygen atoms in total. The number of hydrogen-bond acceptors (Lipinski definition) is 5. The second-order valence-electron chi connectivity index (χ2n) is 13.8. The highest BCUT2D eigenvalue weighted by Crippen LogP contribution is 2.53.